The molecule has 3 rings (SSSR count). The van der Waals surface area contributed by atoms with Gasteiger partial charge in [0.1, 0.15) is 11.9 Å². The zero-order chi connectivity index (χ0) is 21.8. The van der Waals surface area contributed by atoms with E-state index in [1.165, 1.54) is 6.07 Å². The molecule has 0 bridgehead atoms. The summed E-state index contributed by atoms with van der Waals surface area (Å²) in [6.07, 6.45) is -3.68. The minimum Gasteiger partial charge on any atom is -0.382 e. The molecule has 29 heavy (non-hydrogen) atoms. The second-order valence-corrected chi connectivity index (χ2v) is 8.26. The van der Waals surface area contributed by atoms with Gasteiger partial charge in [0, 0.05) is 18.2 Å². The first-order chi connectivity index (χ1) is 13.3. The molecule has 5 nitrogen and oxygen atoms in total. The lowest BCUT2D eigenvalue weighted by molar-refractivity contribution is -0.0979. The Labute approximate surface area is 160 Å². The number of halogens is 6. The van der Waals surface area contributed by atoms with Crippen LogP contribution in [0.2, 0.25) is 0 Å². The van der Waals surface area contributed by atoms with Crippen LogP contribution in [0.15, 0.2) is 29.4 Å². The number of aromatic nitrogens is 1. The molecule has 0 saturated carbocycles. The standard InChI is InChI=1S/C17H10F6N2O3S/c18-11-3-8(1-9(4-11)6-24)2-10-7-25-15(29(27,28)17(21,22)23)13-12(10)5-16(19,20)14(13)26/h1,3-4,7,14,26H,2,5H2/t14-/m0/s1. The summed E-state index contributed by atoms with van der Waals surface area (Å²) >= 11 is 0. The van der Waals surface area contributed by atoms with Crippen molar-refractivity contribution in [3.63, 3.8) is 0 Å². The molecule has 0 saturated heterocycles. The summed E-state index contributed by atoms with van der Waals surface area (Å²) in [6, 6.07) is 4.83. The van der Waals surface area contributed by atoms with Crippen LogP contribution in [-0.2, 0) is 22.7 Å². The van der Waals surface area contributed by atoms with Gasteiger partial charge >= 0.3 is 5.51 Å². The molecule has 1 N–H and O–H groups in total. The molecule has 154 valence electrons. The number of nitrogens with zero attached hydrogens (tertiary/aromatic N) is 2. The molecule has 0 unspecified atom stereocenters. The van der Waals surface area contributed by atoms with Crippen molar-refractivity contribution in [2.45, 2.75) is 35.4 Å². The lowest BCUT2D eigenvalue weighted by Gasteiger charge is -2.16. The fourth-order valence-corrected chi connectivity index (χ4v) is 4.07. The van der Waals surface area contributed by atoms with Gasteiger partial charge in [-0.2, -0.15) is 18.4 Å². The van der Waals surface area contributed by atoms with Crippen LogP contribution in [0, 0.1) is 17.1 Å². The van der Waals surface area contributed by atoms with Crippen LogP contribution >= 0.6 is 0 Å². The minimum absolute atomic E-state index is 0.0776. The predicted octanol–water partition coefficient (Wildman–Crippen LogP) is 3.20. The van der Waals surface area contributed by atoms with Crippen LogP contribution in [0.4, 0.5) is 26.3 Å². The average Bonchev–Trinajstić information content (AvgIpc) is 2.84. The molecule has 2 aromatic rings. The summed E-state index contributed by atoms with van der Waals surface area (Å²) in [6.45, 7) is 0. The number of benzene rings is 1. The summed E-state index contributed by atoms with van der Waals surface area (Å²) in [5.41, 5.74) is -7.51. The highest BCUT2D eigenvalue weighted by atomic mass is 32.2. The fraction of sp³-hybridized carbons (Fsp3) is 0.294. The maximum atomic E-state index is 14.0. The van der Waals surface area contributed by atoms with E-state index >= 15 is 0 Å². The van der Waals surface area contributed by atoms with Crippen LogP contribution in [-0.4, -0.2) is 29.9 Å². The van der Waals surface area contributed by atoms with E-state index in [-0.39, 0.29) is 23.1 Å². The molecular weight excluding hydrogens is 426 g/mol. The molecule has 1 aliphatic carbocycles. The van der Waals surface area contributed by atoms with E-state index in [1.807, 2.05) is 0 Å². The van der Waals surface area contributed by atoms with Crippen LogP contribution in [0.5, 0.6) is 0 Å². The molecule has 1 heterocycles. The van der Waals surface area contributed by atoms with Crippen molar-refractivity contribution >= 4 is 9.84 Å². The van der Waals surface area contributed by atoms with Gasteiger partial charge in [-0.05, 0) is 41.3 Å². The molecule has 0 spiro atoms. The first-order valence-corrected chi connectivity index (χ1v) is 9.33. The van der Waals surface area contributed by atoms with Crippen molar-refractivity contribution in [3.05, 3.63) is 58.0 Å². The van der Waals surface area contributed by atoms with Crippen molar-refractivity contribution in [2.75, 3.05) is 0 Å². The van der Waals surface area contributed by atoms with E-state index in [0.717, 1.165) is 12.1 Å². The SMILES string of the molecule is N#Cc1cc(F)cc(Cc2cnc(S(=O)(=O)C(F)(F)F)c3c2CC(F)(F)[C@H]3O)c1. The summed E-state index contributed by atoms with van der Waals surface area (Å²) in [5, 5.41) is 17.0. The van der Waals surface area contributed by atoms with Gasteiger partial charge in [0.2, 0.25) is 0 Å². The number of rotatable bonds is 3. The lowest BCUT2D eigenvalue weighted by Crippen LogP contribution is -2.27. The van der Waals surface area contributed by atoms with Crippen molar-refractivity contribution in [1.29, 1.82) is 5.26 Å². The summed E-state index contributed by atoms with van der Waals surface area (Å²) < 4.78 is 104. The summed E-state index contributed by atoms with van der Waals surface area (Å²) in [5.74, 6) is -4.72. The van der Waals surface area contributed by atoms with Crippen LogP contribution in [0.25, 0.3) is 0 Å². The third-order valence-corrected chi connectivity index (χ3v) is 5.85. The monoisotopic (exact) mass is 436 g/mol. The number of sulfone groups is 1. The van der Waals surface area contributed by atoms with E-state index in [2.05, 4.69) is 4.98 Å². The zero-order valence-corrected chi connectivity index (χ0v) is 15.0. The molecule has 12 heteroatoms. The summed E-state index contributed by atoms with van der Waals surface area (Å²) in [4.78, 5) is 3.21. The van der Waals surface area contributed by atoms with Crippen LogP contribution in [0.3, 0.4) is 0 Å². The van der Waals surface area contributed by atoms with Crippen LogP contribution < -0.4 is 0 Å². The molecule has 1 atom stereocenters. The molecule has 1 aromatic heterocycles. The smallest absolute Gasteiger partial charge is 0.382 e. The highest BCUT2D eigenvalue weighted by Gasteiger charge is 2.55. The Hall–Kier alpha value is -2.65. The van der Waals surface area contributed by atoms with E-state index in [4.69, 9.17) is 5.26 Å². The van der Waals surface area contributed by atoms with Gasteiger partial charge in [0.15, 0.2) is 5.03 Å². The number of hydrogen-bond donors (Lipinski definition) is 1. The summed E-state index contributed by atoms with van der Waals surface area (Å²) in [7, 11) is -6.10. The quantitative estimate of drug-likeness (QED) is 0.747. The van der Waals surface area contributed by atoms with E-state index in [9.17, 15) is 39.9 Å². The number of hydrogen-bond acceptors (Lipinski definition) is 5. The van der Waals surface area contributed by atoms with Gasteiger partial charge in [-0.25, -0.2) is 26.6 Å². The highest BCUT2D eigenvalue weighted by molar-refractivity contribution is 7.92. The zero-order valence-electron chi connectivity index (χ0n) is 14.1. The van der Waals surface area contributed by atoms with Gasteiger partial charge in [-0.1, -0.05) is 0 Å². The lowest BCUT2D eigenvalue weighted by atomic mass is 9.98. The third kappa shape index (κ3) is 3.56. The van der Waals surface area contributed by atoms with Crippen molar-refractivity contribution in [2.24, 2.45) is 0 Å². The second kappa shape index (κ2) is 6.70. The van der Waals surface area contributed by atoms with Gasteiger partial charge in [0.05, 0.1) is 11.6 Å². The number of nitriles is 1. The molecular formula is C17H10F6N2O3S. The van der Waals surface area contributed by atoms with E-state index in [1.54, 1.807) is 6.07 Å². The Morgan fingerprint density at radius 3 is 2.52 bits per heavy atom. The molecule has 0 aliphatic heterocycles. The number of aliphatic hydroxyl groups is 1. The van der Waals surface area contributed by atoms with Gasteiger partial charge in [-0.15, -0.1) is 0 Å². The first-order valence-electron chi connectivity index (χ1n) is 7.85. The minimum atomic E-state index is -6.10. The molecule has 0 radical (unpaired) electrons. The van der Waals surface area contributed by atoms with Crippen molar-refractivity contribution < 1.29 is 39.9 Å². The van der Waals surface area contributed by atoms with Gasteiger partial charge in [-0.3, -0.25) is 0 Å². The Bertz CT molecular complexity index is 1140. The maximum Gasteiger partial charge on any atom is 0.503 e. The average molecular weight is 436 g/mol. The molecule has 1 aliphatic rings. The topological polar surface area (TPSA) is 91.0 Å². The Morgan fingerprint density at radius 1 is 1.28 bits per heavy atom. The molecule has 1 aromatic carbocycles. The first kappa shape index (κ1) is 21.1. The Morgan fingerprint density at radius 2 is 1.93 bits per heavy atom. The molecule has 0 amide bonds. The Balaban J connectivity index is 2.19. The fourth-order valence-electron chi connectivity index (χ4n) is 3.13. The highest BCUT2D eigenvalue weighted by Crippen LogP contribution is 2.48. The number of aliphatic hydroxyl groups excluding tert-OH is 1. The van der Waals surface area contributed by atoms with Crippen molar-refractivity contribution in [3.8, 4) is 6.07 Å². The van der Waals surface area contributed by atoms with E-state index in [0.29, 0.717) is 6.20 Å². The number of pyridine rings is 1. The van der Waals surface area contributed by atoms with Crippen molar-refractivity contribution in [1.82, 2.24) is 4.98 Å². The van der Waals surface area contributed by atoms with Crippen LogP contribution in [0.1, 0.15) is 33.9 Å². The number of alkyl halides is 5. The van der Waals surface area contributed by atoms with Gasteiger partial charge in [0.25, 0.3) is 15.8 Å². The predicted molar refractivity (Wildman–Crippen MR) is 85.0 cm³/mol. The van der Waals surface area contributed by atoms with Gasteiger partial charge < -0.3 is 5.11 Å². The van der Waals surface area contributed by atoms with E-state index < -0.39 is 55.8 Å². The number of fused-ring (bicyclic) bond motifs is 1. The second-order valence-electron chi connectivity index (χ2n) is 6.41. The maximum absolute atomic E-state index is 14.0. The normalized spacial score (nSPS) is 18.3. The largest absolute Gasteiger partial charge is 0.503 e. The Kier molecular flexibility index (Phi) is 4.87. The molecule has 0 fully saturated rings. The third-order valence-electron chi connectivity index (χ3n) is 4.41.